The van der Waals surface area contributed by atoms with Gasteiger partial charge < -0.3 is 21.1 Å². The van der Waals surface area contributed by atoms with Crippen molar-refractivity contribution < 1.29 is 14.3 Å². The maximum atomic E-state index is 12.6. The fourth-order valence-electron chi connectivity index (χ4n) is 3.05. The second-order valence-corrected chi connectivity index (χ2v) is 7.65. The molecule has 30 heavy (non-hydrogen) atoms. The van der Waals surface area contributed by atoms with E-state index in [0.717, 1.165) is 24.0 Å². The Bertz CT molecular complexity index is 825. The molecule has 0 saturated heterocycles. The van der Waals surface area contributed by atoms with Gasteiger partial charge in [0, 0.05) is 12.1 Å². The number of rotatable bonds is 9. The molecule has 1 fully saturated rings. The predicted molar refractivity (Wildman–Crippen MR) is 119 cm³/mol. The molecule has 1 aliphatic carbocycles. The van der Waals surface area contributed by atoms with Gasteiger partial charge in [-0.1, -0.05) is 49.4 Å². The molecule has 3 unspecified atom stereocenters. The third-order valence-corrected chi connectivity index (χ3v) is 5.19. The van der Waals surface area contributed by atoms with Crippen LogP contribution in [0.3, 0.4) is 0 Å². The third kappa shape index (κ3) is 6.75. The summed E-state index contributed by atoms with van der Waals surface area (Å²) in [5.74, 6) is 0.0806. The van der Waals surface area contributed by atoms with Gasteiger partial charge in [0.2, 0.25) is 5.91 Å². The van der Waals surface area contributed by atoms with Crippen LogP contribution in [0.2, 0.25) is 0 Å². The van der Waals surface area contributed by atoms with Gasteiger partial charge in [-0.05, 0) is 43.0 Å². The lowest BCUT2D eigenvalue weighted by Gasteiger charge is -2.22. The molecule has 0 aliphatic heterocycles. The number of nitrogens with two attached hydrogens (primary N) is 1. The summed E-state index contributed by atoms with van der Waals surface area (Å²) in [6.07, 6.45) is 2.11. The molecule has 0 bridgehead atoms. The minimum absolute atomic E-state index is 0. The van der Waals surface area contributed by atoms with Crippen molar-refractivity contribution in [2.24, 2.45) is 11.7 Å². The van der Waals surface area contributed by atoms with Gasteiger partial charge in [-0.25, -0.2) is 0 Å². The molecular formula is C23H30ClN3O3. The van der Waals surface area contributed by atoms with Crippen molar-refractivity contribution in [1.82, 2.24) is 10.6 Å². The number of carbonyl (C=O) groups excluding carboxylic acids is 2. The van der Waals surface area contributed by atoms with E-state index in [4.69, 9.17) is 10.5 Å². The fourth-order valence-corrected chi connectivity index (χ4v) is 3.05. The predicted octanol–water partition coefficient (Wildman–Crippen LogP) is 3.28. The third-order valence-electron chi connectivity index (χ3n) is 5.19. The van der Waals surface area contributed by atoms with E-state index in [1.54, 1.807) is 0 Å². The Kier molecular flexibility index (Phi) is 8.69. The molecule has 4 N–H and O–H groups in total. The second-order valence-electron chi connectivity index (χ2n) is 7.65. The number of nitrogens with one attached hydrogen (secondary N) is 2. The molecule has 3 rings (SSSR count). The van der Waals surface area contributed by atoms with E-state index in [-0.39, 0.29) is 48.8 Å². The van der Waals surface area contributed by atoms with E-state index in [1.807, 2.05) is 68.4 Å². The van der Waals surface area contributed by atoms with E-state index >= 15 is 0 Å². The lowest BCUT2D eigenvalue weighted by Crippen LogP contribution is -2.36. The van der Waals surface area contributed by atoms with Gasteiger partial charge >= 0.3 is 0 Å². The summed E-state index contributed by atoms with van der Waals surface area (Å²) in [6, 6.07) is 16.8. The SMILES string of the molecule is CC(NC(=O)C(C)C(N)c1ccccc1)c1ccc(OCC(=O)NC2CC2)cc1.Cl. The summed E-state index contributed by atoms with van der Waals surface area (Å²) >= 11 is 0. The highest BCUT2D eigenvalue weighted by atomic mass is 35.5. The fraction of sp³-hybridized carbons (Fsp3) is 0.391. The molecule has 0 spiro atoms. The molecule has 1 saturated carbocycles. The normalized spacial score (nSPS) is 15.8. The zero-order valence-corrected chi connectivity index (χ0v) is 18.2. The average molecular weight is 432 g/mol. The molecule has 0 radical (unpaired) electrons. The van der Waals surface area contributed by atoms with E-state index in [1.165, 1.54) is 0 Å². The zero-order valence-electron chi connectivity index (χ0n) is 17.3. The smallest absolute Gasteiger partial charge is 0.258 e. The maximum absolute atomic E-state index is 12.6. The van der Waals surface area contributed by atoms with Crippen molar-refractivity contribution in [2.45, 2.75) is 44.8 Å². The van der Waals surface area contributed by atoms with E-state index in [2.05, 4.69) is 10.6 Å². The van der Waals surface area contributed by atoms with Gasteiger partial charge in [-0.3, -0.25) is 9.59 Å². The maximum Gasteiger partial charge on any atom is 0.258 e. The summed E-state index contributed by atoms with van der Waals surface area (Å²) < 4.78 is 5.52. The number of amides is 2. The summed E-state index contributed by atoms with van der Waals surface area (Å²) in [6.45, 7) is 3.78. The van der Waals surface area contributed by atoms with Crippen LogP contribution in [0.15, 0.2) is 54.6 Å². The van der Waals surface area contributed by atoms with Crippen molar-refractivity contribution in [1.29, 1.82) is 0 Å². The Labute approximate surface area is 184 Å². The highest BCUT2D eigenvalue weighted by Gasteiger charge is 2.24. The summed E-state index contributed by atoms with van der Waals surface area (Å²) in [4.78, 5) is 24.3. The first-order valence-electron chi connectivity index (χ1n) is 10.1. The van der Waals surface area contributed by atoms with Crippen molar-refractivity contribution in [3.63, 3.8) is 0 Å². The van der Waals surface area contributed by atoms with Gasteiger partial charge in [-0.2, -0.15) is 0 Å². The molecule has 0 heterocycles. The van der Waals surface area contributed by atoms with Gasteiger partial charge in [-0.15, -0.1) is 12.4 Å². The van der Waals surface area contributed by atoms with Crippen molar-refractivity contribution in [3.05, 3.63) is 65.7 Å². The number of halogens is 1. The first kappa shape index (κ1) is 23.7. The highest BCUT2D eigenvalue weighted by molar-refractivity contribution is 5.85. The molecule has 7 heteroatoms. The first-order valence-corrected chi connectivity index (χ1v) is 10.1. The van der Waals surface area contributed by atoms with Crippen LogP contribution >= 0.6 is 12.4 Å². The summed E-state index contributed by atoms with van der Waals surface area (Å²) in [5, 5.41) is 5.91. The Morgan fingerprint density at radius 2 is 1.67 bits per heavy atom. The van der Waals surface area contributed by atoms with Crippen LogP contribution in [0.4, 0.5) is 0 Å². The number of ether oxygens (including phenoxy) is 1. The molecule has 2 aromatic carbocycles. The van der Waals surface area contributed by atoms with E-state index < -0.39 is 0 Å². The minimum atomic E-state index is -0.360. The lowest BCUT2D eigenvalue weighted by atomic mass is 9.94. The van der Waals surface area contributed by atoms with Crippen LogP contribution in [0.5, 0.6) is 5.75 Å². The Balaban J connectivity index is 0.00000320. The monoisotopic (exact) mass is 431 g/mol. The summed E-state index contributed by atoms with van der Waals surface area (Å²) in [7, 11) is 0. The average Bonchev–Trinajstić information content (AvgIpc) is 3.56. The van der Waals surface area contributed by atoms with Crippen molar-refractivity contribution >= 4 is 24.2 Å². The summed E-state index contributed by atoms with van der Waals surface area (Å²) in [5.41, 5.74) is 8.15. The van der Waals surface area contributed by atoms with Gasteiger partial charge in [0.1, 0.15) is 5.75 Å². The lowest BCUT2D eigenvalue weighted by molar-refractivity contribution is -0.126. The molecule has 1 aliphatic rings. The molecule has 0 aromatic heterocycles. The molecule has 3 atom stereocenters. The van der Waals surface area contributed by atoms with E-state index in [9.17, 15) is 9.59 Å². The second kappa shape index (κ2) is 11.0. The van der Waals surface area contributed by atoms with E-state index in [0.29, 0.717) is 11.8 Å². The molecule has 162 valence electrons. The number of benzene rings is 2. The van der Waals surface area contributed by atoms with Gasteiger partial charge in [0.15, 0.2) is 6.61 Å². The van der Waals surface area contributed by atoms with Crippen LogP contribution in [0, 0.1) is 5.92 Å². The quantitative estimate of drug-likeness (QED) is 0.568. The molecule has 6 nitrogen and oxygen atoms in total. The topological polar surface area (TPSA) is 93.5 Å². The molecule has 2 aromatic rings. The standard InChI is InChI=1S/C23H29N3O3.ClH/c1-15(22(24)18-6-4-3-5-7-18)23(28)25-16(2)17-8-12-20(13-9-17)29-14-21(27)26-19-10-11-19;/h3-9,12-13,15-16,19,22H,10-11,14,24H2,1-2H3,(H,25,28)(H,26,27);1H. The van der Waals surface area contributed by atoms with Crippen LogP contribution < -0.4 is 21.1 Å². The highest BCUT2D eigenvalue weighted by Crippen LogP contribution is 2.22. The number of carbonyl (C=O) groups is 2. The minimum Gasteiger partial charge on any atom is -0.484 e. The van der Waals surface area contributed by atoms with Crippen molar-refractivity contribution in [3.8, 4) is 5.75 Å². The zero-order chi connectivity index (χ0) is 20.8. The van der Waals surface area contributed by atoms with Crippen LogP contribution in [0.25, 0.3) is 0 Å². The number of hydrogen-bond donors (Lipinski definition) is 3. The Morgan fingerprint density at radius 1 is 1.03 bits per heavy atom. The van der Waals surface area contributed by atoms with Gasteiger partial charge in [0.25, 0.3) is 5.91 Å². The van der Waals surface area contributed by atoms with Gasteiger partial charge in [0.05, 0.1) is 12.0 Å². The number of hydrogen-bond acceptors (Lipinski definition) is 4. The first-order chi connectivity index (χ1) is 13.9. The Morgan fingerprint density at radius 3 is 2.27 bits per heavy atom. The van der Waals surface area contributed by atoms with Crippen molar-refractivity contribution in [2.75, 3.05) is 6.61 Å². The van der Waals surface area contributed by atoms with Crippen LogP contribution in [0.1, 0.15) is 49.9 Å². The molecular weight excluding hydrogens is 402 g/mol. The van der Waals surface area contributed by atoms with Crippen LogP contribution in [-0.2, 0) is 9.59 Å². The molecule has 2 amide bonds. The van der Waals surface area contributed by atoms with Crippen LogP contribution in [-0.4, -0.2) is 24.5 Å². The Hall–Kier alpha value is -2.57. The largest absolute Gasteiger partial charge is 0.484 e.